The maximum atomic E-state index is 12.0. The van der Waals surface area contributed by atoms with E-state index in [0.717, 1.165) is 49.7 Å². The molecule has 3 aliphatic carbocycles. The fourth-order valence-electron chi connectivity index (χ4n) is 6.86. The summed E-state index contributed by atoms with van der Waals surface area (Å²) in [6.45, 7) is 14.4. The average Bonchev–Trinajstić information content (AvgIpc) is 3.21. The highest BCUT2D eigenvalue weighted by Gasteiger charge is 2.50. The quantitative estimate of drug-likeness (QED) is 0.181. The number of hydrogen-bond donors (Lipinski definition) is 3. The maximum Gasteiger partial charge on any atom is 0.508 e. The number of carbonyl (C=O) groups excluding carboxylic acids is 1. The summed E-state index contributed by atoms with van der Waals surface area (Å²) in [6, 6.07) is 0. The summed E-state index contributed by atoms with van der Waals surface area (Å²) in [4.78, 5) is 12.0. The number of aliphatic hydroxyl groups is 3. The van der Waals surface area contributed by atoms with Crippen molar-refractivity contribution >= 4 is 6.16 Å². The summed E-state index contributed by atoms with van der Waals surface area (Å²) in [5.74, 6) is 1.26. The second-order valence-electron chi connectivity index (χ2n) is 12.5. The summed E-state index contributed by atoms with van der Waals surface area (Å²) in [6.07, 6.45) is 13.6. The summed E-state index contributed by atoms with van der Waals surface area (Å²) >= 11 is 0. The molecule has 6 nitrogen and oxygen atoms in total. The first kappa shape index (κ1) is 30.6. The van der Waals surface area contributed by atoms with Crippen molar-refractivity contribution in [3.8, 4) is 0 Å². The summed E-state index contributed by atoms with van der Waals surface area (Å²) in [5, 5.41) is 31.1. The molecular formula is C32H50O6. The van der Waals surface area contributed by atoms with E-state index in [-0.39, 0.29) is 11.3 Å². The topological polar surface area (TPSA) is 96.2 Å². The van der Waals surface area contributed by atoms with E-state index < -0.39 is 30.1 Å². The first-order chi connectivity index (χ1) is 17.9. The molecule has 0 aromatic rings. The van der Waals surface area contributed by atoms with E-state index in [0.29, 0.717) is 31.3 Å². The number of rotatable bonds is 9. The third-order valence-electron chi connectivity index (χ3n) is 9.31. The minimum absolute atomic E-state index is 0.176. The minimum atomic E-state index is -1.08. The molecule has 6 heteroatoms. The van der Waals surface area contributed by atoms with Gasteiger partial charge in [0.2, 0.25) is 0 Å². The Hall–Kier alpha value is -1.89. The molecule has 0 aliphatic heterocycles. The molecule has 214 valence electrons. The number of hydrogen-bond acceptors (Lipinski definition) is 6. The van der Waals surface area contributed by atoms with E-state index in [4.69, 9.17) is 9.47 Å². The first-order valence-electron chi connectivity index (χ1n) is 14.6. The number of carbonyl (C=O) groups is 1. The molecular weight excluding hydrogens is 480 g/mol. The van der Waals surface area contributed by atoms with Gasteiger partial charge in [-0.25, -0.2) is 4.79 Å². The largest absolute Gasteiger partial charge is 0.508 e. The standard InChI is InChI=1S/C32H50O6/c1-7-8-18-37-30(36)38-31(4,5)29(35)16-11-21(2)26-14-15-27-23(10-9-17-32(26,27)6)12-13-24-19-25(33)20-28(34)22(24)3/h11-13,16,21,25-29,33-35H,3,7-10,14-15,17-20H2,1-2,4-6H3/b16-11+,23-12+,24-13-/t21-,25-,26-,27+,28+,29+,32-/m1/s1. The van der Waals surface area contributed by atoms with Crippen LogP contribution in [0.1, 0.15) is 92.4 Å². The molecule has 3 rings (SSSR count). The van der Waals surface area contributed by atoms with Crippen molar-refractivity contribution in [2.45, 2.75) is 116 Å². The van der Waals surface area contributed by atoms with Gasteiger partial charge in [-0.3, -0.25) is 0 Å². The normalized spacial score (nSPS) is 33.9. The molecule has 3 aliphatic rings. The van der Waals surface area contributed by atoms with Crippen LogP contribution in [0.15, 0.2) is 47.6 Å². The van der Waals surface area contributed by atoms with Crippen LogP contribution in [-0.4, -0.2) is 52.0 Å². The van der Waals surface area contributed by atoms with Crippen molar-refractivity contribution in [1.29, 1.82) is 0 Å². The molecule has 0 aromatic heterocycles. The van der Waals surface area contributed by atoms with Crippen molar-refractivity contribution in [3.05, 3.63) is 47.6 Å². The smallest absolute Gasteiger partial charge is 0.434 e. The van der Waals surface area contributed by atoms with Gasteiger partial charge in [0.25, 0.3) is 0 Å². The molecule has 7 atom stereocenters. The van der Waals surface area contributed by atoms with Gasteiger partial charge in [0.1, 0.15) is 11.7 Å². The molecule has 0 amide bonds. The van der Waals surface area contributed by atoms with Crippen LogP contribution in [0.2, 0.25) is 0 Å². The van der Waals surface area contributed by atoms with Crippen LogP contribution in [0.3, 0.4) is 0 Å². The Morgan fingerprint density at radius 1 is 1.24 bits per heavy atom. The lowest BCUT2D eigenvalue weighted by Crippen LogP contribution is -2.40. The van der Waals surface area contributed by atoms with Crippen LogP contribution in [0.4, 0.5) is 4.79 Å². The van der Waals surface area contributed by atoms with Crippen LogP contribution >= 0.6 is 0 Å². The second kappa shape index (κ2) is 13.0. The molecule has 0 bridgehead atoms. The number of allylic oxidation sites excluding steroid dienone is 4. The number of aliphatic hydroxyl groups excluding tert-OH is 3. The minimum Gasteiger partial charge on any atom is -0.434 e. The number of ether oxygens (including phenoxy) is 2. The Morgan fingerprint density at radius 2 is 1.97 bits per heavy atom. The lowest BCUT2D eigenvalue weighted by atomic mass is 9.61. The first-order valence-corrected chi connectivity index (χ1v) is 14.6. The van der Waals surface area contributed by atoms with Crippen LogP contribution in [0.25, 0.3) is 0 Å². The predicted molar refractivity (Wildman–Crippen MR) is 150 cm³/mol. The summed E-state index contributed by atoms with van der Waals surface area (Å²) in [7, 11) is 0. The molecule has 0 unspecified atom stereocenters. The van der Waals surface area contributed by atoms with Crippen LogP contribution < -0.4 is 0 Å². The van der Waals surface area contributed by atoms with Gasteiger partial charge in [-0.15, -0.1) is 0 Å². The SMILES string of the molecule is C=C1/C(=C\C=C2/CCC[C@]3(C)[C@@H]([C@H](C)/C=C/[C@H](O)C(C)(C)OC(=O)OCCCC)CC[C@@H]23)C[C@@H](O)C[C@@H]1O. The average molecular weight is 531 g/mol. The van der Waals surface area contributed by atoms with Gasteiger partial charge in [-0.1, -0.05) is 63.6 Å². The number of unbranched alkanes of at least 4 members (excludes halogenated alkanes) is 1. The third kappa shape index (κ3) is 7.19. The Morgan fingerprint density at radius 3 is 2.68 bits per heavy atom. The van der Waals surface area contributed by atoms with Crippen molar-refractivity contribution in [2.75, 3.05) is 6.61 Å². The fraction of sp³-hybridized carbons (Fsp3) is 0.719. The summed E-state index contributed by atoms with van der Waals surface area (Å²) < 4.78 is 10.5. The zero-order valence-corrected chi connectivity index (χ0v) is 24.1. The van der Waals surface area contributed by atoms with E-state index in [2.05, 4.69) is 38.7 Å². The molecule has 3 saturated carbocycles. The lowest BCUT2D eigenvalue weighted by Gasteiger charge is -2.44. The van der Waals surface area contributed by atoms with Crippen molar-refractivity contribution in [2.24, 2.45) is 23.2 Å². The fourth-order valence-corrected chi connectivity index (χ4v) is 6.86. The van der Waals surface area contributed by atoms with E-state index in [1.54, 1.807) is 19.9 Å². The van der Waals surface area contributed by atoms with E-state index in [1.165, 1.54) is 12.0 Å². The number of fused-ring (bicyclic) bond motifs is 1. The Kier molecular flexibility index (Phi) is 10.5. The van der Waals surface area contributed by atoms with E-state index in [9.17, 15) is 20.1 Å². The zero-order valence-electron chi connectivity index (χ0n) is 24.1. The molecule has 0 saturated heterocycles. The van der Waals surface area contributed by atoms with Crippen LogP contribution in [-0.2, 0) is 9.47 Å². The monoisotopic (exact) mass is 530 g/mol. The maximum absolute atomic E-state index is 12.0. The lowest BCUT2D eigenvalue weighted by molar-refractivity contribution is -0.0670. The van der Waals surface area contributed by atoms with Crippen LogP contribution in [0.5, 0.6) is 0 Å². The molecule has 0 heterocycles. The van der Waals surface area contributed by atoms with Gasteiger partial charge in [0, 0.05) is 6.42 Å². The van der Waals surface area contributed by atoms with Crippen LogP contribution in [0, 0.1) is 23.2 Å². The van der Waals surface area contributed by atoms with Gasteiger partial charge in [0.15, 0.2) is 0 Å². The Balaban J connectivity index is 1.66. The highest BCUT2D eigenvalue weighted by molar-refractivity contribution is 5.60. The Bertz CT molecular complexity index is 930. The van der Waals surface area contributed by atoms with Crippen molar-refractivity contribution in [3.63, 3.8) is 0 Å². The van der Waals surface area contributed by atoms with E-state index >= 15 is 0 Å². The van der Waals surface area contributed by atoms with E-state index in [1.807, 2.05) is 6.92 Å². The summed E-state index contributed by atoms with van der Waals surface area (Å²) in [5.41, 5.74) is 2.24. The second-order valence-corrected chi connectivity index (χ2v) is 12.5. The van der Waals surface area contributed by atoms with Crippen molar-refractivity contribution < 1.29 is 29.6 Å². The molecule has 0 radical (unpaired) electrons. The molecule has 38 heavy (non-hydrogen) atoms. The zero-order chi connectivity index (χ0) is 28.1. The molecule has 3 fully saturated rings. The third-order valence-corrected chi connectivity index (χ3v) is 9.31. The van der Waals surface area contributed by atoms with Crippen molar-refractivity contribution in [1.82, 2.24) is 0 Å². The highest BCUT2D eigenvalue weighted by atomic mass is 16.7. The molecule has 3 N–H and O–H groups in total. The van der Waals surface area contributed by atoms with Gasteiger partial charge in [-0.2, -0.15) is 0 Å². The molecule has 0 spiro atoms. The Labute approximate surface area is 229 Å². The highest BCUT2D eigenvalue weighted by Crippen LogP contribution is 2.59. The predicted octanol–water partition coefficient (Wildman–Crippen LogP) is 6.41. The van der Waals surface area contributed by atoms with Gasteiger partial charge < -0.3 is 24.8 Å². The van der Waals surface area contributed by atoms with Gasteiger partial charge in [-0.05, 0) is 93.1 Å². The van der Waals surface area contributed by atoms with Gasteiger partial charge in [0.05, 0.1) is 18.8 Å². The molecule has 0 aromatic carbocycles. The van der Waals surface area contributed by atoms with Gasteiger partial charge >= 0.3 is 6.16 Å².